The summed E-state index contributed by atoms with van der Waals surface area (Å²) in [5.41, 5.74) is 6.68. The molecule has 1 heterocycles. The minimum atomic E-state index is 0.410. The highest BCUT2D eigenvalue weighted by Gasteiger charge is 2.12. The third-order valence-electron chi connectivity index (χ3n) is 6.27. The second-order valence-electron chi connectivity index (χ2n) is 9.01. The van der Waals surface area contributed by atoms with Gasteiger partial charge in [0.25, 0.3) is 0 Å². The van der Waals surface area contributed by atoms with Gasteiger partial charge in [-0.2, -0.15) is 5.26 Å². The molecule has 0 N–H and O–H groups in total. The Labute approximate surface area is 233 Å². The molecule has 0 aliphatic heterocycles. The van der Waals surface area contributed by atoms with Crippen molar-refractivity contribution < 1.29 is 9.47 Å². The fraction of sp³-hybridized carbons (Fsp3) is 0.118. The number of hydrogen-bond donors (Lipinski definition) is 0. The Kier molecular flexibility index (Phi) is 8.48. The number of rotatable bonds is 10. The lowest BCUT2D eigenvalue weighted by atomic mass is 10.1. The normalized spacial score (nSPS) is 11.1. The Balaban J connectivity index is 1.40. The summed E-state index contributed by atoms with van der Waals surface area (Å²) in [4.78, 5) is 4.75. The second-order valence-corrected chi connectivity index (χ2v) is 9.87. The zero-order valence-electron chi connectivity index (χ0n) is 21.7. The standard InChI is InChI=1S/C34H28N2O2S/c1-2-25-13-16-29(17-14-25)31-24-39-34(36-31)30(21-35)19-28-15-18-32(37-22-26-9-5-3-6-10-26)33(20-28)38-23-27-11-7-4-8-12-27/h3-20,24H,2,22-23H2,1H3. The first-order chi connectivity index (χ1) is 19.2. The van der Waals surface area contributed by atoms with Gasteiger partial charge >= 0.3 is 0 Å². The van der Waals surface area contributed by atoms with E-state index in [0.29, 0.717) is 35.3 Å². The molecule has 0 aliphatic rings. The molecule has 0 aliphatic carbocycles. The number of thiazole rings is 1. The van der Waals surface area contributed by atoms with Gasteiger partial charge in [-0.15, -0.1) is 11.3 Å². The molecule has 192 valence electrons. The van der Waals surface area contributed by atoms with E-state index in [1.807, 2.05) is 90.3 Å². The van der Waals surface area contributed by atoms with E-state index in [2.05, 4.69) is 37.3 Å². The fourth-order valence-corrected chi connectivity index (χ4v) is 4.86. The van der Waals surface area contributed by atoms with Gasteiger partial charge in [-0.3, -0.25) is 0 Å². The van der Waals surface area contributed by atoms with Gasteiger partial charge < -0.3 is 9.47 Å². The van der Waals surface area contributed by atoms with Crippen LogP contribution in [0.1, 0.15) is 34.2 Å². The van der Waals surface area contributed by atoms with Crippen LogP contribution in [0.15, 0.2) is 109 Å². The first-order valence-corrected chi connectivity index (χ1v) is 13.7. The van der Waals surface area contributed by atoms with Crippen molar-refractivity contribution in [3.8, 4) is 28.8 Å². The van der Waals surface area contributed by atoms with Crippen molar-refractivity contribution in [3.05, 3.63) is 136 Å². The highest BCUT2D eigenvalue weighted by atomic mass is 32.1. The lowest BCUT2D eigenvalue weighted by molar-refractivity contribution is 0.256. The lowest BCUT2D eigenvalue weighted by Gasteiger charge is -2.14. The molecule has 0 unspecified atom stereocenters. The van der Waals surface area contributed by atoms with Gasteiger partial charge in [0.05, 0.1) is 11.3 Å². The van der Waals surface area contributed by atoms with E-state index in [1.165, 1.54) is 16.9 Å². The van der Waals surface area contributed by atoms with Crippen LogP contribution in [-0.2, 0) is 19.6 Å². The van der Waals surface area contributed by atoms with Crippen LogP contribution in [0, 0.1) is 11.3 Å². The monoisotopic (exact) mass is 528 g/mol. The minimum absolute atomic E-state index is 0.410. The average Bonchev–Trinajstić information content (AvgIpc) is 3.49. The molecule has 0 saturated carbocycles. The smallest absolute Gasteiger partial charge is 0.162 e. The zero-order valence-corrected chi connectivity index (χ0v) is 22.5. The molecule has 0 bridgehead atoms. The summed E-state index contributed by atoms with van der Waals surface area (Å²) in [6.07, 6.45) is 2.84. The van der Waals surface area contributed by atoms with Gasteiger partial charge in [0.15, 0.2) is 11.5 Å². The van der Waals surface area contributed by atoms with Crippen molar-refractivity contribution in [2.24, 2.45) is 0 Å². The summed E-state index contributed by atoms with van der Waals surface area (Å²) in [6.45, 7) is 2.98. The van der Waals surface area contributed by atoms with E-state index in [0.717, 1.165) is 34.4 Å². The molecule has 1 aromatic heterocycles. The van der Waals surface area contributed by atoms with Crippen molar-refractivity contribution in [2.75, 3.05) is 0 Å². The van der Waals surface area contributed by atoms with Crippen LogP contribution >= 0.6 is 11.3 Å². The van der Waals surface area contributed by atoms with Gasteiger partial charge in [-0.05, 0) is 46.9 Å². The molecule has 0 saturated heterocycles. The largest absolute Gasteiger partial charge is 0.485 e. The predicted octanol–water partition coefficient (Wildman–Crippen LogP) is 8.59. The van der Waals surface area contributed by atoms with Crippen LogP contribution in [-0.4, -0.2) is 4.98 Å². The predicted molar refractivity (Wildman–Crippen MR) is 158 cm³/mol. The fourth-order valence-electron chi connectivity index (χ4n) is 4.07. The Morgan fingerprint density at radius 1 is 0.795 bits per heavy atom. The van der Waals surface area contributed by atoms with E-state index in [4.69, 9.17) is 14.5 Å². The van der Waals surface area contributed by atoms with Crippen molar-refractivity contribution in [1.29, 1.82) is 5.26 Å². The molecule has 4 aromatic carbocycles. The highest BCUT2D eigenvalue weighted by Crippen LogP contribution is 2.33. The first kappa shape index (κ1) is 26.0. The van der Waals surface area contributed by atoms with Crippen molar-refractivity contribution in [2.45, 2.75) is 26.6 Å². The average molecular weight is 529 g/mol. The number of allylic oxidation sites excluding steroid dienone is 1. The summed E-state index contributed by atoms with van der Waals surface area (Å²) in [6, 6.07) is 36.5. The van der Waals surface area contributed by atoms with E-state index in [-0.39, 0.29) is 0 Å². The van der Waals surface area contributed by atoms with Crippen molar-refractivity contribution in [1.82, 2.24) is 4.98 Å². The van der Waals surface area contributed by atoms with Crippen molar-refractivity contribution in [3.63, 3.8) is 0 Å². The Morgan fingerprint density at radius 2 is 1.44 bits per heavy atom. The summed E-state index contributed by atoms with van der Waals surface area (Å²) < 4.78 is 12.3. The van der Waals surface area contributed by atoms with Gasteiger partial charge in [0, 0.05) is 10.9 Å². The third kappa shape index (κ3) is 6.81. The number of nitriles is 1. The first-order valence-electron chi connectivity index (χ1n) is 12.9. The van der Waals surface area contributed by atoms with E-state index < -0.39 is 0 Å². The summed E-state index contributed by atoms with van der Waals surface area (Å²) in [7, 11) is 0. The van der Waals surface area contributed by atoms with Gasteiger partial charge in [0.2, 0.25) is 0 Å². The topological polar surface area (TPSA) is 55.1 Å². The molecular formula is C34H28N2O2S. The molecule has 5 aromatic rings. The maximum Gasteiger partial charge on any atom is 0.162 e. The second kappa shape index (κ2) is 12.7. The molecule has 39 heavy (non-hydrogen) atoms. The molecule has 4 nitrogen and oxygen atoms in total. The summed E-state index contributed by atoms with van der Waals surface area (Å²) in [5, 5.41) is 12.6. The SMILES string of the molecule is CCc1ccc(-c2csc(C(C#N)=Cc3ccc(OCc4ccccc4)c(OCc4ccccc4)c3)n2)cc1. The number of aromatic nitrogens is 1. The molecule has 0 fully saturated rings. The summed E-state index contributed by atoms with van der Waals surface area (Å²) >= 11 is 1.47. The van der Waals surface area contributed by atoms with Crippen molar-refractivity contribution >= 4 is 23.0 Å². The van der Waals surface area contributed by atoms with Crippen LogP contribution in [0.25, 0.3) is 22.9 Å². The van der Waals surface area contributed by atoms with Gasteiger partial charge in [0.1, 0.15) is 24.3 Å². The van der Waals surface area contributed by atoms with E-state index in [9.17, 15) is 5.26 Å². The Hall–Kier alpha value is -4.66. The van der Waals surface area contributed by atoms with Crippen LogP contribution in [0.2, 0.25) is 0 Å². The zero-order chi connectivity index (χ0) is 26.9. The molecule has 5 heteroatoms. The third-order valence-corrected chi connectivity index (χ3v) is 7.14. The Bertz CT molecular complexity index is 1580. The maximum absolute atomic E-state index is 9.97. The minimum Gasteiger partial charge on any atom is -0.485 e. The lowest BCUT2D eigenvalue weighted by Crippen LogP contribution is -2.01. The quantitative estimate of drug-likeness (QED) is 0.170. The number of nitrogens with zero attached hydrogens (tertiary/aromatic N) is 2. The molecule has 0 atom stereocenters. The molecule has 0 radical (unpaired) electrons. The van der Waals surface area contributed by atoms with E-state index >= 15 is 0 Å². The van der Waals surface area contributed by atoms with Crippen LogP contribution in [0.5, 0.6) is 11.5 Å². The van der Waals surface area contributed by atoms with Crippen LogP contribution in [0.4, 0.5) is 0 Å². The van der Waals surface area contributed by atoms with Gasteiger partial charge in [-0.25, -0.2) is 4.98 Å². The number of benzene rings is 4. The van der Waals surface area contributed by atoms with E-state index in [1.54, 1.807) is 0 Å². The number of ether oxygens (including phenoxy) is 2. The highest BCUT2D eigenvalue weighted by molar-refractivity contribution is 7.11. The molecule has 0 amide bonds. The van der Waals surface area contributed by atoms with Crippen LogP contribution < -0.4 is 9.47 Å². The van der Waals surface area contributed by atoms with Crippen LogP contribution in [0.3, 0.4) is 0 Å². The maximum atomic E-state index is 9.97. The number of aryl methyl sites for hydroxylation is 1. The Morgan fingerprint density at radius 3 is 2.05 bits per heavy atom. The number of hydrogen-bond acceptors (Lipinski definition) is 5. The molecule has 0 spiro atoms. The molecule has 5 rings (SSSR count). The van der Waals surface area contributed by atoms with Gasteiger partial charge in [-0.1, -0.05) is 97.9 Å². The summed E-state index contributed by atoms with van der Waals surface area (Å²) in [5.74, 6) is 1.27. The molecular weight excluding hydrogens is 500 g/mol.